The van der Waals surface area contributed by atoms with Crippen molar-refractivity contribution in [2.75, 3.05) is 39.9 Å². The van der Waals surface area contributed by atoms with Gasteiger partial charge in [0.05, 0.1) is 13.2 Å². The number of hydrogen-bond acceptors (Lipinski definition) is 3. The normalized spacial score (nSPS) is 18.8. The van der Waals surface area contributed by atoms with Gasteiger partial charge in [0.1, 0.15) is 0 Å². The first-order valence-corrected chi connectivity index (χ1v) is 11.1. The lowest BCUT2D eigenvalue weighted by molar-refractivity contribution is 0.0341. The molecular formula is C24H31ClN4O. The second-order valence-corrected chi connectivity index (χ2v) is 8.66. The van der Waals surface area contributed by atoms with E-state index >= 15 is 0 Å². The largest absolute Gasteiger partial charge is 0.379 e. The van der Waals surface area contributed by atoms with E-state index in [0.717, 1.165) is 56.9 Å². The van der Waals surface area contributed by atoms with Crippen LogP contribution in [0, 0.1) is 0 Å². The van der Waals surface area contributed by atoms with Crippen LogP contribution in [0.1, 0.15) is 29.5 Å². The maximum Gasteiger partial charge on any atom is 0.191 e. The minimum atomic E-state index is 0.177. The molecule has 4 rings (SSSR count). The Kier molecular flexibility index (Phi) is 6.93. The zero-order chi connectivity index (χ0) is 20.8. The maximum absolute atomic E-state index is 6.20. The topological polar surface area (TPSA) is 48.9 Å². The molecule has 160 valence electrons. The zero-order valence-corrected chi connectivity index (χ0v) is 18.4. The van der Waals surface area contributed by atoms with Crippen molar-refractivity contribution in [1.82, 2.24) is 15.5 Å². The molecule has 0 radical (unpaired) electrons. The Morgan fingerprint density at radius 2 is 1.83 bits per heavy atom. The summed E-state index contributed by atoms with van der Waals surface area (Å²) in [5.74, 6) is 0.837. The van der Waals surface area contributed by atoms with E-state index in [9.17, 15) is 0 Å². The molecule has 30 heavy (non-hydrogen) atoms. The number of aliphatic imine (C=N–C) groups is 1. The van der Waals surface area contributed by atoms with Gasteiger partial charge in [-0.3, -0.25) is 9.89 Å². The van der Waals surface area contributed by atoms with Gasteiger partial charge < -0.3 is 15.4 Å². The predicted octanol–water partition coefficient (Wildman–Crippen LogP) is 3.57. The van der Waals surface area contributed by atoms with E-state index in [1.165, 1.54) is 29.5 Å². The summed E-state index contributed by atoms with van der Waals surface area (Å²) in [7, 11) is 1.83. The van der Waals surface area contributed by atoms with Gasteiger partial charge in [0, 0.05) is 50.2 Å². The molecule has 1 aliphatic heterocycles. The molecule has 1 heterocycles. The Labute approximate surface area is 184 Å². The highest BCUT2D eigenvalue weighted by molar-refractivity contribution is 6.30. The van der Waals surface area contributed by atoms with Crippen molar-refractivity contribution in [3.63, 3.8) is 0 Å². The number of morpholine rings is 1. The molecular weight excluding hydrogens is 396 g/mol. The molecule has 1 saturated carbocycles. The van der Waals surface area contributed by atoms with Crippen molar-refractivity contribution in [3.8, 4) is 0 Å². The van der Waals surface area contributed by atoms with Crippen molar-refractivity contribution in [2.24, 2.45) is 4.99 Å². The molecule has 0 bridgehead atoms. The second-order valence-electron chi connectivity index (χ2n) is 8.23. The number of halogens is 1. The van der Waals surface area contributed by atoms with E-state index in [1.54, 1.807) is 0 Å². The fourth-order valence-corrected chi connectivity index (χ4v) is 4.26. The quantitative estimate of drug-likeness (QED) is 0.525. The number of benzene rings is 2. The monoisotopic (exact) mass is 426 g/mol. The number of ether oxygens (including phenoxy) is 1. The highest BCUT2D eigenvalue weighted by Crippen LogP contribution is 2.48. The van der Waals surface area contributed by atoms with Crippen molar-refractivity contribution < 1.29 is 4.74 Å². The second kappa shape index (κ2) is 9.82. The summed E-state index contributed by atoms with van der Waals surface area (Å²) in [6.45, 7) is 6.22. The predicted molar refractivity (Wildman–Crippen MR) is 123 cm³/mol. The molecule has 2 aromatic rings. The Morgan fingerprint density at radius 1 is 1.07 bits per heavy atom. The van der Waals surface area contributed by atoms with Gasteiger partial charge in [0.25, 0.3) is 0 Å². The van der Waals surface area contributed by atoms with Crippen molar-refractivity contribution >= 4 is 17.6 Å². The Balaban J connectivity index is 1.33. The molecule has 2 N–H and O–H groups in total. The van der Waals surface area contributed by atoms with Crippen LogP contribution < -0.4 is 10.6 Å². The summed E-state index contributed by atoms with van der Waals surface area (Å²) in [6.07, 6.45) is 2.36. The standard InChI is InChI=1S/C24H31ClN4O/c1-26-23(28-18-24(9-10-24)21-7-4-8-22(25)15-21)27-16-19-5-2-3-6-20(19)17-29-11-13-30-14-12-29/h2-8,15H,9-14,16-18H2,1H3,(H2,26,27,28). The summed E-state index contributed by atoms with van der Waals surface area (Å²) in [6, 6.07) is 16.9. The third-order valence-corrected chi connectivity index (χ3v) is 6.41. The summed E-state index contributed by atoms with van der Waals surface area (Å²) in [5, 5.41) is 7.83. The van der Waals surface area contributed by atoms with Crippen LogP contribution >= 0.6 is 11.6 Å². The van der Waals surface area contributed by atoms with E-state index < -0.39 is 0 Å². The first-order valence-electron chi connectivity index (χ1n) is 10.8. The molecule has 1 aliphatic carbocycles. The van der Waals surface area contributed by atoms with Crippen LogP contribution in [0.2, 0.25) is 5.02 Å². The van der Waals surface area contributed by atoms with Crippen LogP contribution in [0.15, 0.2) is 53.5 Å². The minimum absolute atomic E-state index is 0.177. The molecule has 2 aromatic carbocycles. The van der Waals surface area contributed by atoms with E-state index in [0.29, 0.717) is 0 Å². The van der Waals surface area contributed by atoms with Crippen molar-refractivity contribution in [2.45, 2.75) is 31.3 Å². The third kappa shape index (κ3) is 5.34. The molecule has 0 spiro atoms. The Hall–Kier alpha value is -2.08. The minimum Gasteiger partial charge on any atom is -0.379 e. The average molecular weight is 427 g/mol. The van der Waals surface area contributed by atoms with Crippen molar-refractivity contribution in [1.29, 1.82) is 0 Å². The first kappa shape index (κ1) is 21.2. The SMILES string of the molecule is CN=C(NCc1ccccc1CN1CCOCC1)NCC1(c2cccc(Cl)c2)CC1. The van der Waals surface area contributed by atoms with Gasteiger partial charge in [-0.15, -0.1) is 0 Å². The lowest BCUT2D eigenvalue weighted by Gasteiger charge is -2.27. The number of hydrogen-bond donors (Lipinski definition) is 2. The van der Waals surface area contributed by atoms with Crippen molar-refractivity contribution in [3.05, 3.63) is 70.2 Å². The summed E-state index contributed by atoms with van der Waals surface area (Å²) in [4.78, 5) is 6.89. The van der Waals surface area contributed by atoms with E-state index in [1.807, 2.05) is 19.2 Å². The summed E-state index contributed by atoms with van der Waals surface area (Å²) < 4.78 is 5.47. The molecule has 0 aromatic heterocycles. The molecule has 2 aliphatic rings. The smallest absolute Gasteiger partial charge is 0.191 e. The first-order chi connectivity index (χ1) is 14.7. The van der Waals surface area contributed by atoms with E-state index in [2.05, 4.69) is 56.9 Å². The molecule has 0 amide bonds. The van der Waals surface area contributed by atoms with Crippen LogP contribution in [0.5, 0.6) is 0 Å². The van der Waals surface area contributed by atoms with E-state index in [-0.39, 0.29) is 5.41 Å². The molecule has 0 unspecified atom stereocenters. The van der Waals surface area contributed by atoms with Crippen LogP contribution in [0.3, 0.4) is 0 Å². The van der Waals surface area contributed by atoms with E-state index in [4.69, 9.17) is 16.3 Å². The summed E-state index contributed by atoms with van der Waals surface area (Å²) in [5.41, 5.74) is 4.16. The number of nitrogens with one attached hydrogen (secondary N) is 2. The third-order valence-electron chi connectivity index (χ3n) is 6.17. The van der Waals surface area contributed by atoms with Crippen LogP contribution in [-0.4, -0.2) is 50.8 Å². The molecule has 6 heteroatoms. The summed E-state index contributed by atoms with van der Waals surface area (Å²) >= 11 is 6.20. The van der Waals surface area contributed by atoms with Gasteiger partial charge in [-0.2, -0.15) is 0 Å². The van der Waals surface area contributed by atoms with Gasteiger partial charge in [0.15, 0.2) is 5.96 Å². The molecule has 5 nitrogen and oxygen atoms in total. The fourth-order valence-electron chi connectivity index (χ4n) is 4.07. The average Bonchev–Trinajstić information content (AvgIpc) is 3.57. The van der Waals surface area contributed by atoms with Crippen LogP contribution in [0.25, 0.3) is 0 Å². The van der Waals surface area contributed by atoms with Gasteiger partial charge >= 0.3 is 0 Å². The lowest BCUT2D eigenvalue weighted by atomic mass is 9.96. The number of nitrogens with zero attached hydrogens (tertiary/aromatic N) is 2. The highest BCUT2D eigenvalue weighted by atomic mass is 35.5. The number of guanidine groups is 1. The molecule has 0 atom stereocenters. The van der Waals surface area contributed by atoms with Crippen LogP contribution in [0.4, 0.5) is 0 Å². The molecule has 2 fully saturated rings. The van der Waals surface area contributed by atoms with Gasteiger partial charge in [-0.05, 0) is 41.7 Å². The number of rotatable bonds is 7. The van der Waals surface area contributed by atoms with Gasteiger partial charge in [0.2, 0.25) is 0 Å². The van der Waals surface area contributed by atoms with Gasteiger partial charge in [-0.1, -0.05) is 48.0 Å². The zero-order valence-electron chi connectivity index (χ0n) is 17.7. The molecule has 1 saturated heterocycles. The van der Waals surface area contributed by atoms with Crippen LogP contribution in [-0.2, 0) is 23.2 Å². The highest BCUT2D eigenvalue weighted by Gasteiger charge is 2.44. The Morgan fingerprint density at radius 3 is 2.53 bits per heavy atom. The maximum atomic E-state index is 6.20. The van der Waals surface area contributed by atoms with Gasteiger partial charge in [-0.25, -0.2) is 0 Å². The Bertz CT molecular complexity index is 875. The fraction of sp³-hybridized carbons (Fsp3) is 0.458. The lowest BCUT2D eigenvalue weighted by Crippen LogP contribution is -2.41.